The summed E-state index contributed by atoms with van der Waals surface area (Å²) in [5.41, 5.74) is 10.6. The molecule has 6 rings (SSSR count). The summed E-state index contributed by atoms with van der Waals surface area (Å²) in [6.45, 7) is 11.0. The second-order valence-electron chi connectivity index (χ2n) is 11.2. The van der Waals surface area contributed by atoms with Gasteiger partial charge in [0.15, 0.2) is 5.78 Å². The Morgan fingerprint density at radius 2 is 1.22 bits per heavy atom. The zero-order valence-corrected chi connectivity index (χ0v) is 22.1. The molecule has 0 spiro atoms. The molecule has 0 radical (unpaired) electrons. The number of carbonyl (C=O) groups excluding carboxylic acids is 1. The minimum absolute atomic E-state index is 0.201. The Hall–Kier alpha value is -3.11. The first-order valence-electron chi connectivity index (χ1n) is 13.5. The number of piperidine rings is 1. The maximum atomic E-state index is 13.9. The van der Waals surface area contributed by atoms with Crippen molar-refractivity contribution in [3.63, 3.8) is 0 Å². The number of likely N-dealkylation sites (tertiary alicyclic amines) is 1. The van der Waals surface area contributed by atoms with Crippen molar-refractivity contribution in [1.29, 1.82) is 0 Å². The predicted octanol–water partition coefficient (Wildman–Crippen LogP) is 6.74. The van der Waals surface area contributed by atoms with Gasteiger partial charge in [-0.25, -0.2) is 0 Å². The van der Waals surface area contributed by atoms with E-state index in [2.05, 4.69) is 96.3 Å². The van der Waals surface area contributed by atoms with Crippen molar-refractivity contribution in [1.82, 2.24) is 14.0 Å². The lowest BCUT2D eigenvalue weighted by Crippen LogP contribution is -2.37. The van der Waals surface area contributed by atoms with Gasteiger partial charge < -0.3 is 9.13 Å². The SMILES string of the molecule is Cc1cc(C=C2CN(Cc3ccccc3)CC(=Cc3cc(C)n(C4CC4)c3C)C2=O)c(C)n1C1CC1. The first-order valence-corrected chi connectivity index (χ1v) is 13.5. The Bertz CT molecular complexity index is 1290. The molecule has 4 heteroatoms. The van der Waals surface area contributed by atoms with Crippen molar-refractivity contribution in [2.75, 3.05) is 13.1 Å². The summed E-state index contributed by atoms with van der Waals surface area (Å²) in [6, 6.07) is 16.4. The van der Waals surface area contributed by atoms with Crippen molar-refractivity contribution < 1.29 is 4.79 Å². The number of aryl methyl sites for hydroxylation is 2. The van der Waals surface area contributed by atoms with Gasteiger partial charge in [-0.15, -0.1) is 0 Å². The summed E-state index contributed by atoms with van der Waals surface area (Å²) < 4.78 is 4.93. The van der Waals surface area contributed by atoms with Gasteiger partial charge in [0.25, 0.3) is 0 Å². The molecule has 0 unspecified atom stereocenters. The van der Waals surface area contributed by atoms with Crippen LogP contribution in [0.3, 0.4) is 0 Å². The van der Waals surface area contributed by atoms with Crippen LogP contribution < -0.4 is 0 Å². The Balaban J connectivity index is 1.37. The van der Waals surface area contributed by atoms with Gasteiger partial charge in [-0.1, -0.05) is 30.3 Å². The number of hydrogen-bond acceptors (Lipinski definition) is 2. The van der Waals surface area contributed by atoms with Gasteiger partial charge in [0.05, 0.1) is 0 Å². The van der Waals surface area contributed by atoms with Gasteiger partial charge in [0.2, 0.25) is 0 Å². The van der Waals surface area contributed by atoms with E-state index in [1.54, 1.807) is 0 Å². The fourth-order valence-electron chi connectivity index (χ4n) is 6.13. The lowest BCUT2D eigenvalue weighted by atomic mass is 9.94. The smallest absolute Gasteiger partial charge is 0.187 e. The molecule has 3 aromatic rings. The van der Waals surface area contributed by atoms with E-state index in [1.165, 1.54) is 65.1 Å². The van der Waals surface area contributed by atoms with Crippen LogP contribution in [-0.4, -0.2) is 32.9 Å². The van der Waals surface area contributed by atoms with Crippen LogP contribution in [0.4, 0.5) is 0 Å². The molecular formula is C32H37N3O. The van der Waals surface area contributed by atoms with E-state index in [-0.39, 0.29) is 5.78 Å². The monoisotopic (exact) mass is 479 g/mol. The first kappa shape index (κ1) is 23.3. The molecule has 186 valence electrons. The average molecular weight is 480 g/mol. The van der Waals surface area contributed by atoms with Gasteiger partial charge in [0, 0.05) is 65.6 Å². The number of nitrogens with zero attached hydrogens (tertiary/aromatic N) is 3. The van der Waals surface area contributed by atoms with Gasteiger partial charge in [0.1, 0.15) is 0 Å². The largest absolute Gasteiger partial charge is 0.346 e. The molecule has 2 aliphatic carbocycles. The quantitative estimate of drug-likeness (QED) is 0.366. The molecule has 3 fully saturated rings. The van der Waals surface area contributed by atoms with Crippen LogP contribution in [0, 0.1) is 27.7 Å². The number of rotatable bonds is 6. The van der Waals surface area contributed by atoms with Crippen LogP contribution in [0.15, 0.2) is 53.6 Å². The van der Waals surface area contributed by atoms with Crippen LogP contribution in [0.1, 0.15) is 77.2 Å². The van der Waals surface area contributed by atoms with Crippen molar-refractivity contribution in [2.45, 2.75) is 72.0 Å². The topological polar surface area (TPSA) is 30.2 Å². The first-order chi connectivity index (χ1) is 17.4. The molecule has 36 heavy (non-hydrogen) atoms. The Kier molecular flexibility index (Phi) is 5.88. The normalized spacial score (nSPS) is 21.2. The molecule has 2 aromatic heterocycles. The summed E-state index contributed by atoms with van der Waals surface area (Å²) in [6.07, 6.45) is 9.40. The number of carbonyl (C=O) groups is 1. The highest BCUT2D eigenvalue weighted by Crippen LogP contribution is 2.40. The second-order valence-corrected chi connectivity index (χ2v) is 11.2. The lowest BCUT2D eigenvalue weighted by molar-refractivity contribution is -0.113. The summed E-state index contributed by atoms with van der Waals surface area (Å²) in [5.74, 6) is 0.201. The summed E-state index contributed by atoms with van der Waals surface area (Å²) in [5, 5.41) is 0. The highest BCUT2D eigenvalue weighted by Gasteiger charge is 2.30. The van der Waals surface area contributed by atoms with E-state index in [1.807, 2.05) is 0 Å². The highest BCUT2D eigenvalue weighted by molar-refractivity contribution is 6.14. The molecule has 0 amide bonds. The maximum absolute atomic E-state index is 13.9. The average Bonchev–Trinajstić information content (AvgIpc) is 3.78. The van der Waals surface area contributed by atoms with E-state index in [0.717, 1.165) is 17.7 Å². The van der Waals surface area contributed by atoms with E-state index >= 15 is 0 Å². The van der Waals surface area contributed by atoms with Crippen LogP contribution in [0.5, 0.6) is 0 Å². The molecule has 0 atom stereocenters. The highest BCUT2D eigenvalue weighted by atomic mass is 16.1. The molecule has 1 aliphatic heterocycles. The summed E-state index contributed by atoms with van der Waals surface area (Å²) in [7, 11) is 0. The molecule has 3 heterocycles. The number of Topliss-reactive ketones (excluding diaryl/α,β-unsaturated/α-hetero) is 1. The molecule has 1 aromatic carbocycles. The standard InChI is InChI=1S/C32H37N3O/c1-21-14-26(23(3)34(21)30-10-11-30)16-28-19-33(18-25-8-6-5-7-9-25)20-29(32(28)36)17-27-15-22(2)35(24(27)4)31-12-13-31/h5-9,14-17,30-31H,10-13,18-20H2,1-4H3. The molecule has 2 saturated carbocycles. The molecule has 0 bridgehead atoms. The van der Waals surface area contributed by atoms with Crippen LogP contribution in [-0.2, 0) is 11.3 Å². The number of aromatic nitrogens is 2. The van der Waals surface area contributed by atoms with Crippen LogP contribution >= 0.6 is 0 Å². The zero-order chi connectivity index (χ0) is 25.0. The van der Waals surface area contributed by atoms with Crippen molar-refractivity contribution in [2.24, 2.45) is 0 Å². The third-order valence-corrected chi connectivity index (χ3v) is 8.15. The van der Waals surface area contributed by atoms with Crippen LogP contribution in [0.2, 0.25) is 0 Å². The van der Waals surface area contributed by atoms with Crippen molar-refractivity contribution in [3.8, 4) is 0 Å². The zero-order valence-electron chi connectivity index (χ0n) is 22.1. The number of hydrogen-bond donors (Lipinski definition) is 0. The van der Waals surface area contributed by atoms with E-state index in [4.69, 9.17) is 0 Å². The summed E-state index contributed by atoms with van der Waals surface area (Å²) in [4.78, 5) is 16.3. The molecular weight excluding hydrogens is 442 g/mol. The van der Waals surface area contributed by atoms with Crippen molar-refractivity contribution in [3.05, 3.63) is 93.1 Å². The predicted molar refractivity (Wildman–Crippen MR) is 147 cm³/mol. The van der Waals surface area contributed by atoms with Gasteiger partial charge >= 0.3 is 0 Å². The van der Waals surface area contributed by atoms with Crippen molar-refractivity contribution >= 4 is 17.9 Å². The molecule has 0 N–H and O–H groups in total. The number of benzene rings is 1. The fourth-order valence-corrected chi connectivity index (χ4v) is 6.13. The van der Waals surface area contributed by atoms with E-state index < -0.39 is 0 Å². The molecule has 3 aliphatic rings. The second kappa shape index (κ2) is 9.08. The van der Waals surface area contributed by atoms with Crippen LogP contribution in [0.25, 0.3) is 12.2 Å². The minimum Gasteiger partial charge on any atom is -0.346 e. The molecule has 1 saturated heterocycles. The van der Waals surface area contributed by atoms with Gasteiger partial charge in [-0.05, 0) is 94.4 Å². The van der Waals surface area contributed by atoms with Gasteiger partial charge in [-0.3, -0.25) is 9.69 Å². The minimum atomic E-state index is 0.201. The Labute approximate surface area is 214 Å². The molecule has 4 nitrogen and oxygen atoms in total. The Morgan fingerprint density at radius 3 is 1.67 bits per heavy atom. The fraction of sp³-hybridized carbons (Fsp3) is 0.406. The van der Waals surface area contributed by atoms with E-state index in [0.29, 0.717) is 25.2 Å². The Morgan fingerprint density at radius 1 is 0.750 bits per heavy atom. The maximum Gasteiger partial charge on any atom is 0.187 e. The van der Waals surface area contributed by atoms with Gasteiger partial charge in [-0.2, -0.15) is 0 Å². The van der Waals surface area contributed by atoms with E-state index in [9.17, 15) is 4.79 Å². The number of ketones is 1. The third-order valence-electron chi connectivity index (χ3n) is 8.15. The third kappa shape index (κ3) is 4.43. The summed E-state index contributed by atoms with van der Waals surface area (Å²) >= 11 is 0. The lowest BCUT2D eigenvalue weighted by Gasteiger charge is -2.30.